The third kappa shape index (κ3) is 3.74. The molecule has 0 aliphatic carbocycles. The van der Waals surface area contributed by atoms with Crippen molar-refractivity contribution in [3.8, 4) is 5.82 Å². The lowest BCUT2D eigenvalue weighted by Gasteiger charge is -2.35. The second-order valence-electron chi connectivity index (χ2n) is 7.70. The van der Waals surface area contributed by atoms with Gasteiger partial charge in [0.15, 0.2) is 17.5 Å². The summed E-state index contributed by atoms with van der Waals surface area (Å²) in [7, 11) is 0. The van der Waals surface area contributed by atoms with Gasteiger partial charge >= 0.3 is 0 Å². The number of aromatic nitrogens is 6. The van der Waals surface area contributed by atoms with Crippen LogP contribution in [-0.2, 0) is 5.41 Å². The van der Waals surface area contributed by atoms with Gasteiger partial charge in [0.1, 0.15) is 0 Å². The topological polar surface area (TPSA) is 75.9 Å². The fourth-order valence-corrected chi connectivity index (χ4v) is 3.07. The van der Waals surface area contributed by atoms with Crippen molar-refractivity contribution in [2.45, 2.75) is 26.2 Å². The van der Waals surface area contributed by atoms with E-state index >= 15 is 0 Å². The number of nitrogens with zero attached hydrogens (tertiary/aromatic N) is 8. The Labute approximate surface area is 158 Å². The Hall–Kier alpha value is -3.03. The molecule has 0 N–H and O–H groups in total. The molecule has 0 radical (unpaired) electrons. The van der Waals surface area contributed by atoms with Gasteiger partial charge in [-0.05, 0) is 30.3 Å². The highest BCUT2D eigenvalue weighted by Gasteiger charge is 2.21. The summed E-state index contributed by atoms with van der Waals surface area (Å²) in [6, 6.07) is 9.96. The Bertz CT molecular complexity index is 858. The zero-order valence-electron chi connectivity index (χ0n) is 15.9. The molecule has 4 heterocycles. The van der Waals surface area contributed by atoms with Crippen molar-refractivity contribution in [1.82, 2.24) is 30.2 Å². The number of piperazine rings is 1. The molecule has 8 heteroatoms. The van der Waals surface area contributed by atoms with Gasteiger partial charge in [-0.15, -0.1) is 15.3 Å². The Morgan fingerprint density at radius 2 is 1.30 bits per heavy atom. The summed E-state index contributed by atoms with van der Waals surface area (Å²) in [6.07, 6.45) is 3.58. The summed E-state index contributed by atoms with van der Waals surface area (Å²) in [6.45, 7) is 9.95. The molecule has 3 aromatic heterocycles. The van der Waals surface area contributed by atoms with Gasteiger partial charge in [-0.2, -0.15) is 10.2 Å². The molecule has 0 spiro atoms. The Morgan fingerprint density at radius 1 is 0.741 bits per heavy atom. The van der Waals surface area contributed by atoms with Gasteiger partial charge in [0.25, 0.3) is 0 Å². The molecule has 27 heavy (non-hydrogen) atoms. The molecule has 0 aromatic carbocycles. The van der Waals surface area contributed by atoms with Gasteiger partial charge in [0.05, 0.1) is 5.69 Å². The van der Waals surface area contributed by atoms with Crippen molar-refractivity contribution in [3.05, 3.63) is 48.4 Å². The van der Waals surface area contributed by atoms with Crippen LogP contribution in [0.3, 0.4) is 0 Å². The maximum atomic E-state index is 4.43. The average Bonchev–Trinajstić information content (AvgIpc) is 3.23. The molecule has 3 aromatic rings. The molecular weight excluding hydrogens is 340 g/mol. The minimum atomic E-state index is 0.0191. The van der Waals surface area contributed by atoms with E-state index < -0.39 is 0 Å². The fraction of sp³-hybridized carbons (Fsp3) is 0.421. The highest BCUT2D eigenvalue weighted by molar-refractivity contribution is 5.45. The van der Waals surface area contributed by atoms with Crippen molar-refractivity contribution in [2.75, 3.05) is 36.0 Å². The highest BCUT2D eigenvalue weighted by atomic mass is 15.4. The zero-order chi connectivity index (χ0) is 18.9. The van der Waals surface area contributed by atoms with Gasteiger partial charge in [0, 0.05) is 44.0 Å². The summed E-state index contributed by atoms with van der Waals surface area (Å²) in [5.41, 5.74) is 1.03. The molecule has 1 aliphatic heterocycles. The molecule has 1 saturated heterocycles. The lowest BCUT2D eigenvalue weighted by Crippen LogP contribution is -2.47. The monoisotopic (exact) mass is 364 g/mol. The van der Waals surface area contributed by atoms with E-state index in [4.69, 9.17) is 0 Å². The Balaban J connectivity index is 1.39. The van der Waals surface area contributed by atoms with Crippen LogP contribution in [0, 0.1) is 0 Å². The lowest BCUT2D eigenvalue weighted by atomic mass is 9.92. The zero-order valence-corrected chi connectivity index (χ0v) is 15.9. The summed E-state index contributed by atoms with van der Waals surface area (Å²) in [5.74, 6) is 2.54. The molecule has 140 valence electrons. The fourth-order valence-electron chi connectivity index (χ4n) is 3.07. The smallest absolute Gasteiger partial charge is 0.175 e. The Morgan fingerprint density at radius 3 is 1.74 bits per heavy atom. The minimum absolute atomic E-state index is 0.0191. The predicted octanol–water partition coefficient (Wildman–Crippen LogP) is 2.08. The average molecular weight is 364 g/mol. The first-order valence-electron chi connectivity index (χ1n) is 9.18. The van der Waals surface area contributed by atoms with Crippen LogP contribution in [0.1, 0.15) is 26.5 Å². The van der Waals surface area contributed by atoms with Gasteiger partial charge < -0.3 is 9.80 Å². The van der Waals surface area contributed by atoms with Crippen LogP contribution in [0.4, 0.5) is 11.6 Å². The van der Waals surface area contributed by atoms with Crippen LogP contribution in [0.15, 0.2) is 42.7 Å². The van der Waals surface area contributed by atoms with Gasteiger partial charge in [-0.25, -0.2) is 4.68 Å². The maximum Gasteiger partial charge on any atom is 0.175 e. The summed E-state index contributed by atoms with van der Waals surface area (Å²) in [5, 5.41) is 21.6. The molecule has 0 unspecified atom stereocenters. The molecule has 0 atom stereocenters. The van der Waals surface area contributed by atoms with Crippen LogP contribution in [0.2, 0.25) is 0 Å². The summed E-state index contributed by atoms with van der Waals surface area (Å²) in [4.78, 5) is 4.51. The largest absolute Gasteiger partial charge is 0.352 e. The third-order valence-electron chi connectivity index (χ3n) is 4.72. The second kappa shape index (κ2) is 6.94. The minimum Gasteiger partial charge on any atom is -0.352 e. The van der Waals surface area contributed by atoms with Crippen LogP contribution in [0.5, 0.6) is 0 Å². The van der Waals surface area contributed by atoms with Gasteiger partial charge in [-0.1, -0.05) is 20.8 Å². The summed E-state index contributed by atoms with van der Waals surface area (Å²) < 4.78 is 1.70. The highest BCUT2D eigenvalue weighted by Crippen LogP contribution is 2.22. The molecule has 0 saturated carbocycles. The quantitative estimate of drug-likeness (QED) is 0.704. The Kier molecular flexibility index (Phi) is 4.47. The first kappa shape index (κ1) is 17.4. The molecular formula is C19H24N8. The van der Waals surface area contributed by atoms with Gasteiger partial charge in [-0.3, -0.25) is 0 Å². The number of hydrogen-bond donors (Lipinski definition) is 0. The predicted molar refractivity (Wildman–Crippen MR) is 104 cm³/mol. The van der Waals surface area contributed by atoms with Crippen LogP contribution < -0.4 is 9.80 Å². The van der Waals surface area contributed by atoms with Crippen molar-refractivity contribution in [1.29, 1.82) is 0 Å². The van der Waals surface area contributed by atoms with Gasteiger partial charge in [0.2, 0.25) is 0 Å². The SMILES string of the molecule is CC(C)(C)c1ccc(N2CCN(c3ccc(-n4cccn4)nn3)CC2)nn1. The molecule has 1 aliphatic rings. The second-order valence-corrected chi connectivity index (χ2v) is 7.70. The van der Waals surface area contributed by atoms with E-state index in [1.165, 1.54) is 0 Å². The standard InChI is InChI=1S/C19H24N8/c1-19(2,3)15-5-6-16(22-21-15)25-11-13-26(14-12-25)17-7-8-18(24-23-17)27-10-4-9-20-27/h4-10H,11-14H2,1-3H3. The molecule has 8 nitrogen and oxygen atoms in total. The summed E-state index contributed by atoms with van der Waals surface area (Å²) >= 11 is 0. The lowest BCUT2D eigenvalue weighted by molar-refractivity contribution is 0.556. The first-order chi connectivity index (χ1) is 13.0. The molecule has 4 rings (SSSR count). The first-order valence-corrected chi connectivity index (χ1v) is 9.18. The van der Waals surface area contributed by atoms with Crippen LogP contribution >= 0.6 is 0 Å². The normalized spacial score (nSPS) is 15.2. The van der Waals surface area contributed by atoms with E-state index in [0.29, 0.717) is 0 Å². The van der Waals surface area contributed by atoms with E-state index in [1.807, 2.05) is 24.4 Å². The van der Waals surface area contributed by atoms with Crippen molar-refractivity contribution < 1.29 is 0 Å². The van der Waals surface area contributed by atoms with Crippen molar-refractivity contribution in [3.63, 3.8) is 0 Å². The van der Waals surface area contributed by atoms with E-state index in [9.17, 15) is 0 Å². The molecule has 1 fully saturated rings. The number of anilines is 2. The third-order valence-corrected chi connectivity index (χ3v) is 4.72. The van der Waals surface area contributed by atoms with Crippen LogP contribution in [-0.4, -0.2) is 56.4 Å². The number of rotatable bonds is 3. The maximum absolute atomic E-state index is 4.43. The van der Waals surface area contributed by atoms with E-state index in [0.717, 1.165) is 49.3 Å². The van der Waals surface area contributed by atoms with E-state index in [1.54, 1.807) is 10.9 Å². The van der Waals surface area contributed by atoms with E-state index in [-0.39, 0.29) is 5.41 Å². The van der Waals surface area contributed by atoms with Crippen LogP contribution in [0.25, 0.3) is 5.82 Å². The molecule has 0 amide bonds. The van der Waals surface area contributed by atoms with Crippen molar-refractivity contribution in [2.24, 2.45) is 0 Å². The molecule has 0 bridgehead atoms. The number of hydrogen-bond acceptors (Lipinski definition) is 7. The van der Waals surface area contributed by atoms with Crippen molar-refractivity contribution >= 4 is 11.6 Å². The van der Waals surface area contributed by atoms with E-state index in [2.05, 4.69) is 68.2 Å².